The molecule has 1 saturated heterocycles. The molecule has 1 aromatic rings. The summed E-state index contributed by atoms with van der Waals surface area (Å²) < 4.78 is 20.5. The Balaban J connectivity index is 2.18. The molecule has 2 heterocycles. The van der Waals surface area contributed by atoms with Gasteiger partial charge in [0.15, 0.2) is 0 Å². The van der Waals surface area contributed by atoms with E-state index in [0.29, 0.717) is 0 Å². The number of rotatable bonds is 3. The molecule has 2 N–H and O–H groups in total. The van der Waals surface area contributed by atoms with Gasteiger partial charge in [-0.3, -0.25) is 14.8 Å². The van der Waals surface area contributed by atoms with Gasteiger partial charge in [-0.05, 0) is 12.8 Å². The molecule has 0 bridgehead atoms. The zero-order chi connectivity index (χ0) is 15.6. The average molecular weight is 302 g/mol. The zero-order valence-electron chi connectivity index (χ0n) is 11.2. The second-order valence-electron chi connectivity index (χ2n) is 4.77. The molecule has 3 atom stereocenters. The summed E-state index contributed by atoms with van der Waals surface area (Å²) in [6.45, 7) is -0.335. The van der Waals surface area contributed by atoms with Crippen LogP contribution in [-0.2, 0) is 11.8 Å². The summed E-state index contributed by atoms with van der Waals surface area (Å²) in [5, 5.41) is 25.6. The number of amides is 1. The predicted molar refractivity (Wildman–Crippen MR) is 67.6 cm³/mol. The Kier molecular flexibility index (Phi) is 4.36. The quantitative estimate of drug-likeness (QED) is 0.638. The lowest BCUT2D eigenvalue weighted by molar-refractivity contribution is -0.386. The van der Waals surface area contributed by atoms with Gasteiger partial charge in [0.1, 0.15) is 24.2 Å². The highest BCUT2D eigenvalue weighted by Gasteiger charge is 2.34. The van der Waals surface area contributed by atoms with Crippen LogP contribution in [0.15, 0.2) is 6.20 Å². The van der Waals surface area contributed by atoms with Gasteiger partial charge in [-0.1, -0.05) is 0 Å². The van der Waals surface area contributed by atoms with Crippen LogP contribution in [0.2, 0.25) is 0 Å². The molecule has 1 amide bonds. The van der Waals surface area contributed by atoms with E-state index in [1.54, 1.807) is 0 Å². The number of halogens is 1. The van der Waals surface area contributed by atoms with E-state index in [4.69, 9.17) is 9.84 Å². The first kappa shape index (κ1) is 15.2. The summed E-state index contributed by atoms with van der Waals surface area (Å²) in [6, 6.07) is -0.889. The third kappa shape index (κ3) is 3.27. The number of ether oxygens (including phenoxy) is 1. The number of nitrogens with zero attached hydrogens (tertiary/aromatic N) is 3. The van der Waals surface area contributed by atoms with Gasteiger partial charge in [-0.25, -0.2) is 9.18 Å². The van der Waals surface area contributed by atoms with Crippen LogP contribution in [0.25, 0.3) is 0 Å². The van der Waals surface area contributed by atoms with Crippen LogP contribution in [0.5, 0.6) is 0 Å². The minimum absolute atomic E-state index is 0.181. The van der Waals surface area contributed by atoms with Crippen LogP contribution >= 0.6 is 0 Å². The predicted octanol–water partition coefficient (Wildman–Crippen LogP) is 1.15. The number of aromatic nitrogens is 2. The number of alkyl halides is 1. The first-order valence-electron chi connectivity index (χ1n) is 6.31. The topological polar surface area (TPSA) is 120 Å². The summed E-state index contributed by atoms with van der Waals surface area (Å²) in [5.74, 6) is 0. The Bertz CT molecular complexity index is 549. The van der Waals surface area contributed by atoms with Crippen molar-refractivity contribution < 1.29 is 24.0 Å². The maximum absolute atomic E-state index is 13.8. The van der Waals surface area contributed by atoms with E-state index < -0.39 is 29.3 Å². The largest absolute Gasteiger partial charge is 0.465 e. The molecule has 21 heavy (non-hydrogen) atoms. The summed E-state index contributed by atoms with van der Waals surface area (Å²) >= 11 is 0. The van der Waals surface area contributed by atoms with Crippen LogP contribution in [-0.4, -0.2) is 44.7 Å². The Hall–Kier alpha value is -2.23. The van der Waals surface area contributed by atoms with Gasteiger partial charge < -0.3 is 15.2 Å². The monoisotopic (exact) mass is 302 g/mol. The van der Waals surface area contributed by atoms with Crippen molar-refractivity contribution in [2.45, 2.75) is 31.2 Å². The molecule has 0 saturated carbocycles. The lowest BCUT2D eigenvalue weighted by atomic mass is 10.0. The Labute approximate surface area is 118 Å². The molecule has 1 aliphatic rings. The molecule has 0 unspecified atom stereocenters. The van der Waals surface area contributed by atoms with Gasteiger partial charge >= 0.3 is 11.8 Å². The van der Waals surface area contributed by atoms with Crippen molar-refractivity contribution in [3.63, 3.8) is 0 Å². The van der Waals surface area contributed by atoms with Crippen molar-refractivity contribution in [2.24, 2.45) is 7.05 Å². The highest BCUT2D eigenvalue weighted by Crippen LogP contribution is 2.33. The highest BCUT2D eigenvalue weighted by molar-refractivity contribution is 5.64. The third-order valence-electron chi connectivity index (χ3n) is 3.41. The van der Waals surface area contributed by atoms with Crippen LogP contribution in [0, 0.1) is 10.1 Å². The lowest BCUT2D eigenvalue weighted by Crippen LogP contribution is -2.41. The number of hydrogen-bond acceptors (Lipinski definition) is 5. The fourth-order valence-corrected chi connectivity index (χ4v) is 2.41. The number of carboxylic acid groups (broad SMARTS) is 1. The summed E-state index contributed by atoms with van der Waals surface area (Å²) in [5.41, 5.74) is 0.0609. The van der Waals surface area contributed by atoms with Crippen LogP contribution < -0.4 is 5.32 Å². The molecule has 0 aliphatic carbocycles. The van der Waals surface area contributed by atoms with Crippen LogP contribution in [0.3, 0.4) is 0 Å². The number of aryl methyl sites for hydroxylation is 1. The maximum Gasteiger partial charge on any atom is 0.404 e. The van der Waals surface area contributed by atoms with Gasteiger partial charge in [0.25, 0.3) is 0 Å². The third-order valence-corrected chi connectivity index (χ3v) is 3.41. The van der Waals surface area contributed by atoms with E-state index in [9.17, 15) is 19.3 Å². The van der Waals surface area contributed by atoms with Crippen LogP contribution in [0.4, 0.5) is 14.9 Å². The van der Waals surface area contributed by atoms with Crippen molar-refractivity contribution in [2.75, 3.05) is 6.61 Å². The normalized spacial score (nSPS) is 26.1. The van der Waals surface area contributed by atoms with Crippen LogP contribution in [0.1, 0.15) is 24.6 Å². The van der Waals surface area contributed by atoms with Crippen molar-refractivity contribution in [1.82, 2.24) is 15.1 Å². The summed E-state index contributed by atoms with van der Waals surface area (Å²) in [4.78, 5) is 21.0. The molecule has 0 radical (unpaired) electrons. The lowest BCUT2D eigenvalue weighted by Gasteiger charge is -2.16. The van der Waals surface area contributed by atoms with E-state index in [0.717, 1.165) is 6.20 Å². The number of hydrogen-bond donors (Lipinski definition) is 2. The van der Waals surface area contributed by atoms with Crippen molar-refractivity contribution in [3.05, 3.63) is 22.0 Å². The molecular formula is C11H15FN4O5. The molecule has 0 spiro atoms. The molecule has 9 nitrogen and oxygen atoms in total. The van der Waals surface area contributed by atoms with Gasteiger partial charge in [-0.15, -0.1) is 0 Å². The second kappa shape index (κ2) is 6.04. The summed E-state index contributed by atoms with van der Waals surface area (Å²) in [7, 11) is 1.54. The first-order chi connectivity index (χ1) is 9.90. The SMILES string of the molecule is Cn1ncc([N+](=O)[O-])c1[C@H]1CC[C@H](NC(=O)O)[C@@H](F)CO1. The van der Waals surface area contributed by atoms with Gasteiger partial charge in [-0.2, -0.15) is 5.10 Å². The highest BCUT2D eigenvalue weighted by atomic mass is 19.1. The van der Waals surface area contributed by atoms with Crippen molar-refractivity contribution in [3.8, 4) is 0 Å². The Morgan fingerprint density at radius 1 is 1.67 bits per heavy atom. The zero-order valence-corrected chi connectivity index (χ0v) is 11.2. The molecule has 1 fully saturated rings. The standard InChI is InChI=1S/C11H15FN4O5/c1-15-10(8(4-13-15)16(19)20)9-3-2-7(14-11(17)18)6(12)5-21-9/h4,6-7,9,14H,2-3,5H2,1H3,(H,17,18)/t6-,7-,9+/m0/s1. The Morgan fingerprint density at radius 3 is 3.00 bits per heavy atom. The molecular weight excluding hydrogens is 287 g/mol. The minimum Gasteiger partial charge on any atom is -0.465 e. The summed E-state index contributed by atoms with van der Waals surface area (Å²) in [6.07, 6.45) is -1.96. The molecule has 116 valence electrons. The molecule has 1 aliphatic heterocycles. The number of nitro groups is 1. The van der Waals surface area contributed by atoms with E-state index in [1.807, 2.05) is 0 Å². The fourth-order valence-electron chi connectivity index (χ4n) is 2.41. The van der Waals surface area contributed by atoms with E-state index in [1.165, 1.54) is 11.7 Å². The number of nitrogens with one attached hydrogen (secondary N) is 1. The minimum atomic E-state index is -1.50. The van der Waals surface area contributed by atoms with E-state index >= 15 is 0 Å². The first-order valence-corrected chi connectivity index (χ1v) is 6.31. The fraction of sp³-hybridized carbons (Fsp3) is 0.636. The van der Waals surface area contributed by atoms with Gasteiger partial charge in [0, 0.05) is 7.05 Å². The molecule has 1 aromatic heterocycles. The van der Waals surface area contributed by atoms with Gasteiger partial charge in [0.05, 0.1) is 17.6 Å². The van der Waals surface area contributed by atoms with E-state index in [2.05, 4.69) is 10.4 Å². The Morgan fingerprint density at radius 2 is 2.38 bits per heavy atom. The van der Waals surface area contributed by atoms with Gasteiger partial charge in [0.2, 0.25) is 0 Å². The van der Waals surface area contributed by atoms with Crippen molar-refractivity contribution in [1.29, 1.82) is 0 Å². The average Bonchev–Trinajstić information content (AvgIpc) is 2.70. The smallest absolute Gasteiger partial charge is 0.404 e. The molecule has 0 aromatic carbocycles. The maximum atomic E-state index is 13.8. The second-order valence-corrected chi connectivity index (χ2v) is 4.77. The molecule has 2 rings (SSSR count). The molecule has 10 heteroatoms. The number of carbonyl (C=O) groups is 1. The van der Waals surface area contributed by atoms with Crippen molar-refractivity contribution >= 4 is 11.8 Å². The van der Waals surface area contributed by atoms with E-state index in [-0.39, 0.29) is 30.8 Å².